The van der Waals surface area contributed by atoms with E-state index < -0.39 is 34.5 Å². The number of hydrogen-bond donors (Lipinski definition) is 1. The molecule has 0 bridgehead atoms. The molecule has 0 aliphatic heterocycles. The molecule has 0 aliphatic carbocycles. The van der Waals surface area contributed by atoms with Crippen molar-refractivity contribution in [1.82, 2.24) is 14.5 Å². The van der Waals surface area contributed by atoms with Crippen LogP contribution in [0.2, 0.25) is 0 Å². The van der Waals surface area contributed by atoms with Gasteiger partial charge >= 0.3 is 10.2 Å². The van der Waals surface area contributed by atoms with Crippen molar-refractivity contribution in [3.63, 3.8) is 0 Å². The van der Waals surface area contributed by atoms with Crippen molar-refractivity contribution >= 4 is 43.6 Å². The van der Waals surface area contributed by atoms with Gasteiger partial charge in [0.1, 0.15) is 18.4 Å². The first-order valence-corrected chi connectivity index (χ1v) is 15.0. The second kappa shape index (κ2) is 14.4. The van der Waals surface area contributed by atoms with E-state index in [2.05, 4.69) is 21.2 Å². The molecule has 0 fully saturated rings. The average molecular weight is 634 g/mol. The molecular weight excluding hydrogens is 599 g/mol. The maximum atomic E-state index is 14.1. The summed E-state index contributed by atoms with van der Waals surface area (Å²) in [5.41, 5.74) is 1.74. The van der Waals surface area contributed by atoms with Crippen LogP contribution in [0, 0.1) is 5.82 Å². The van der Waals surface area contributed by atoms with Crippen molar-refractivity contribution in [2.24, 2.45) is 0 Å². The Balaban J connectivity index is 2.06. The Morgan fingerprint density at radius 3 is 2.12 bits per heavy atom. The molecule has 3 aromatic carbocycles. The van der Waals surface area contributed by atoms with E-state index in [9.17, 15) is 22.4 Å². The van der Waals surface area contributed by atoms with E-state index >= 15 is 0 Å². The molecule has 0 heterocycles. The first kappa shape index (κ1) is 31.3. The lowest BCUT2D eigenvalue weighted by Crippen LogP contribution is -2.54. The fourth-order valence-electron chi connectivity index (χ4n) is 4.03. The summed E-state index contributed by atoms with van der Waals surface area (Å²) < 4.78 is 43.1. The van der Waals surface area contributed by atoms with E-state index in [1.54, 1.807) is 0 Å². The molecule has 0 aliphatic rings. The molecule has 1 atom stereocenters. The Morgan fingerprint density at radius 1 is 0.925 bits per heavy atom. The second-order valence-corrected chi connectivity index (χ2v) is 12.4. The zero-order valence-corrected chi connectivity index (χ0v) is 25.2. The lowest BCUT2D eigenvalue weighted by atomic mass is 10.0. The van der Waals surface area contributed by atoms with Crippen LogP contribution >= 0.6 is 15.9 Å². The number of benzene rings is 3. The van der Waals surface area contributed by atoms with E-state index in [1.165, 1.54) is 31.1 Å². The SMILES string of the molecule is CCCNC(=O)C(Cc1ccccc1)N(Cc1ccc(Br)cc1)C(=O)CN(c1ccc(F)cc1)S(=O)(=O)N(C)C. The van der Waals surface area contributed by atoms with Gasteiger partial charge in [-0.25, -0.2) is 8.70 Å². The molecular formula is C29H34BrFN4O4S. The summed E-state index contributed by atoms with van der Waals surface area (Å²) >= 11 is 3.42. The molecule has 0 aromatic heterocycles. The van der Waals surface area contributed by atoms with Crippen molar-refractivity contribution in [3.8, 4) is 0 Å². The summed E-state index contributed by atoms with van der Waals surface area (Å²) in [5.74, 6) is -1.45. The van der Waals surface area contributed by atoms with Gasteiger partial charge in [-0.05, 0) is 53.9 Å². The number of halogens is 2. The van der Waals surface area contributed by atoms with Crippen LogP contribution in [0.4, 0.5) is 10.1 Å². The Labute approximate surface area is 244 Å². The molecule has 2 amide bonds. The summed E-state index contributed by atoms with van der Waals surface area (Å²) in [6.45, 7) is 1.85. The Kier molecular flexibility index (Phi) is 11.2. The van der Waals surface area contributed by atoms with Gasteiger partial charge in [0, 0.05) is 38.1 Å². The molecule has 11 heteroatoms. The number of hydrogen-bond acceptors (Lipinski definition) is 4. The van der Waals surface area contributed by atoms with Crippen LogP contribution in [0.3, 0.4) is 0 Å². The molecule has 3 aromatic rings. The molecule has 0 radical (unpaired) electrons. The van der Waals surface area contributed by atoms with E-state index in [-0.39, 0.29) is 24.6 Å². The smallest absolute Gasteiger partial charge is 0.304 e. The number of nitrogens with zero attached hydrogens (tertiary/aromatic N) is 3. The highest BCUT2D eigenvalue weighted by molar-refractivity contribution is 9.10. The predicted molar refractivity (Wildman–Crippen MR) is 158 cm³/mol. The zero-order valence-electron chi connectivity index (χ0n) is 22.8. The molecule has 1 N–H and O–H groups in total. The third-order valence-electron chi connectivity index (χ3n) is 6.22. The summed E-state index contributed by atoms with van der Waals surface area (Å²) in [7, 11) is -1.43. The largest absolute Gasteiger partial charge is 0.354 e. The minimum Gasteiger partial charge on any atom is -0.354 e. The highest BCUT2D eigenvalue weighted by Crippen LogP contribution is 2.22. The predicted octanol–water partition coefficient (Wildman–Crippen LogP) is 4.37. The normalized spacial score (nSPS) is 12.2. The third kappa shape index (κ3) is 8.36. The van der Waals surface area contributed by atoms with Gasteiger partial charge in [0.25, 0.3) is 0 Å². The lowest BCUT2D eigenvalue weighted by molar-refractivity contribution is -0.140. The number of rotatable bonds is 13. The van der Waals surface area contributed by atoms with Crippen LogP contribution in [0.5, 0.6) is 0 Å². The fourth-order valence-corrected chi connectivity index (χ4v) is 5.35. The molecule has 1 unspecified atom stereocenters. The number of carbonyl (C=O) groups is 2. The molecule has 0 saturated heterocycles. The minimum absolute atomic E-state index is 0.0719. The quantitative estimate of drug-likeness (QED) is 0.303. The number of carbonyl (C=O) groups excluding carboxylic acids is 2. The van der Waals surface area contributed by atoms with Crippen molar-refractivity contribution in [1.29, 1.82) is 0 Å². The molecule has 8 nitrogen and oxygen atoms in total. The Hall–Kier alpha value is -3.28. The van der Waals surface area contributed by atoms with Crippen molar-refractivity contribution in [2.75, 3.05) is 31.5 Å². The topological polar surface area (TPSA) is 90.0 Å². The van der Waals surface area contributed by atoms with E-state index in [1.807, 2.05) is 61.5 Å². The van der Waals surface area contributed by atoms with Gasteiger partial charge < -0.3 is 10.2 Å². The lowest BCUT2D eigenvalue weighted by Gasteiger charge is -2.34. The highest BCUT2D eigenvalue weighted by Gasteiger charge is 2.34. The second-order valence-electron chi connectivity index (χ2n) is 9.42. The van der Waals surface area contributed by atoms with Gasteiger partial charge in [-0.1, -0.05) is 65.3 Å². The first-order chi connectivity index (χ1) is 19.0. The van der Waals surface area contributed by atoms with Crippen LogP contribution in [-0.2, 0) is 32.8 Å². The monoisotopic (exact) mass is 632 g/mol. The minimum atomic E-state index is -4.14. The van der Waals surface area contributed by atoms with Crippen molar-refractivity contribution < 1.29 is 22.4 Å². The summed E-state index contributed by atoms with van der Waals surface area (Å²) in [4.78, 5) is 29.0. The van der Waals surface area contributed by atoms with Crippen LogP contribution in [0.25, 0.3) is 0 Å². The molecule has 214 valence electrons. The maximum absolute atomic E-state index is 14.1. The summed E-state index contributed by atoms with van der Waals surface area (Å²) in [6, 6.07) is 20.6. The maximum Gasteiger partial charge on any atom is 0.304 e. The molecule has 0 spiro atoms. The molecule has 40 heavy (non-hydrogen) atoms. The van der Waals surface area contributed by atoms with Crippen LogP contribution < -0.4 is 9.62 Å². The van der Waals surface area contributed by atoms with Crippen LogP contribution in [-0.4, -0.2) is 62.7 Å². The van der Waals surface area contributed by atoms with Gasteiger partial charge in [-0.3, -0.25) is 9.59 Å². The van der Waals surface area contributed by atoms with Crippen LogP contribution in [0.15, 0.2) is 83.3 Å². The Morgan fingerprint density at radius 2 is 1.55 bits per heavy atom. The third-order valence-corrected chi connectivity index (χ3v) is 8.57. The van der Waals surface area contributed by atoms with Gasteiger partial charge in [-0.15, -0.1) is 0 Å². The molecule has 3 rings (SSSR count). The zero-order chi connectivity index (χ0) is 29.3. The van der Waals surface area contributed by atoms with E-state index in [0.717, 1.165) is 36.3 Å². The number of nitrogens with one attached hydrogen (secondary N) is 1. The highest BCUT2D eigenvalue weighted by atomic mass is 79.9. The fraction of sp³-hybridized carbons (Fsp3) is 0.310. The van der Waals surface area contributed by atoms with Gasteiger partial charge in [0.15, 0.2) is 0 Å². The average Bonchev–Trinajstić information content (AvgIpc) is 2.94. The first-order valence-electron chi connectivity index (χ1n) is 12.8. The van der Waals surface area contributed by atoms with Crippen LogP contribution in [0.1, 0.15) is 24.5 Å². The number of anilines is 1. The van der Waals surface area contributed by atoms with Crippen molar-refractivity contribution in [2.45, 2.75) is 32.4 Å². The van der Waals surface area contributed by atoms with Crippen molar-refractivity contribution in [3.05, 3.63) is 100 Å². The van der Waals surface area contributed by atoms with Gasteiger partial charge in [-0.2, -0.15) is 12.7 Å². The summed E-state index contributed by atoms with van der Waals surface area (Å²) in [5, 5.41) is 2.90. The Bertz CT molecular complexity index is 1370. The number of amides is 2. The molecule has 0 saturated carbocycles. The van der Waals surface area contributed by atoms with Gasteiger partial charge in [0.2, 0.25) is 11.8 Å². The van der Waals surface area contributed by atoms with E-state index in [4.69, 9.17) is 0 Å². The van der Waals surface area contributed by atoms with E-state index in [0.29, 0.717) is 13.0 Å². The standard InChI is InChI=1S/C29H34BrFN4O4S/c1-4-18-32-29(37)27(19-22-8-6-5-7-9-22)34(20-23-10-12-24(30)13-11-23)28(36)21-35(40(38,39)33(2)3)26-16-14-25(31)15-17-26/h5-17,27H,4,18-21H2,1-3H3,(H,32,37). The van der Waals surface area contributed by atoms with Gasteiger partial charge in [0.05, 0.1) is 5.69 Å². The summed E-state index contributed by atoms with van der Waals surface area (Å²) in [6.07, 6.45) is 0.944.